The molecule has 0 aliphatic heterocycles. The molecular formula is C20H29NO4. The smallest absolute Gasteiger partial charge is 0.119 e. The highest BCUT2D eigenvalue weighted by molar-refractivity contribution is 5.28. The highest BCUT2D eigenvalue weighted by atomic mass is 16.5. The zero-order valence-electron chi connectivity index (χ0n) is 15.4. The molecule has 0 amide bonds. The lowest BCUT2D eigenvalue weighted by molar-refractivity contribution is 0.00460. The van der Waals surface area contributed by atoms with Gasteiger partial charge in [0.2, 0.25) is 0 Å². The van der Waals surface area contributed by atoms with E-state index in [4.69, 9.17) is 13.9 Å². The molecule has 138 valence electrons. The highest BCUT2D eigenvalue weighted by Gasteiger charge is 2.15. The number of hydrogen-bond acceptors (Lipinski definition) is 5. The maximum Gasteiger partial charge on any atom is 0.119 e. The van der Waals surface area contributed by atoms with E-state index in [0.29, 0.717) is 38.8 Å². The third-order valence-electron chi connectivity index (χ3n) is 3.73. The molecule has 1 aromatic heterocycles. The molecule has 1 aromatic carbocycles. The van der Waals surface area contributed by atoms with Crippen LogP contribution in [0, 0.1) is 5.92 Å². The molecule has 1 heterocycles. The molecule has 1 N–H and O–H groups in total. The van der Waals surface area contributed by atoms with Gasteiger partial charge < -0.3 is 19.0 Å². The van der Waals surface area contributed by atoms with Crippen molar-refractivity contribution in [1.29, 1.82) is 0 Å². The van der Waals surface area contributed by atoms with E-state index in [1.807, 2.05) is 30.3 Å². The van der Waals surface area contributed by atoms with Crippen LogP contribution in [0.4, 0.5) is 0 Å². The van der Waals surface area contributed by atoms with Crippen LogP contribution in [0.2, 0.25) is 0 Å². The summed E-state index contributed by atoms with van der Waals surface area (Å²) in [7, 11) is 1.66. The van der Waals surface area contributed by atoms with E-state index in [0.717, 1.165) is 17.1 Å². The summed E-state index contributed by atoms with van der Waals surface area (Å²) in [4.78, 5) is 2.15. The fraction of sp³-hybridized carbons (Fsp3) is 0.500. The lowest BCUT2D eigenvalue weighted by Gasteiger charge is -2.24. The SMILES string of the molecule is COc1cccc(CN(Cc2ccco2)C[C@H](O)COCC(C)C)c1. The first kappa shape index (κ1) is 19.5. The molecule has 0 radical (unpaired) electrons. The molecule has 0 aliphatic carbocycles. The minimum absolute atomic E-state index is 0.338. The van der Waals surface area contributed by atoms with Crippen molar-refractivity contribution in [2.24, 2.45) is 5.92 Å². The molecule has 0 bridgehead atoms. The zero-order valence-corrected chi connectivity index (χ0v) is 15.4. The van der Waals surface area contributed by atoms with Crippen LogP contribution in [0.15, 0.2) is 47.1 Å². The van der Waals surface area contributed by atoms with Gasteiger partial charge in [0.05, 0.1) is 32.6 Å². The van der Waals surface area contributed by atoms with E-state index in [-0.39, 0.29) is 0 Å². The summed E-state index contributed by atoms with van der Waals surface area (Å²) in [6.07, 6.45) is 1.13. The van der Waals surface area contributed by atoms with Crippen LogP contribution in [0.25, 0.3) is 0 Å². The molecule has 0 fully saturated rings. The second kappa shape index (κ2) is 10.2. The summed E-state index contributed by atoms with van der Waals surface area (Å²) >= 11 is 0. The first-order valence-electron chi connectivity index (χ1n) is 8.70. The number of ether oxygens (including phenoxy) is 2. The summed E-state index contributed by atoms with van der Waals surface area (Å²) in [5.41, 5.74) is 1.13. The Bertz CT molecular complexity index is 598. The second-order valence-corrected chi connectivity index (χ2v) is 6.69. The summed E-state index contributed by atoms with van der Waals surface area (Å²) in [6.45, 7) is 7.02. The molecule has 2 rings (SSSR count). The Balaban J connectivity index is 1.96. The summed E-state index contributed by atoms with van der Waals surface area (Å²) in [5, 5.41) is 10.3. The Labute approximate surface area is 150 Å². The van der Waals surface area contributed by atoms with Crippen LogP contribution >= 0.6 is 0 Å². The molecule has 5 nitrogen and oxygen atoms in total. The van der Waals surface area contributed by atoms with Gasteiger partial charge in [-0.05, 0) is 35.7 Å². The fourth-order valence-corrected chi connectivity index (χ4v) is 2.63. The van der Waals surface area contributed by atoms with Crippen LogP contribution in [-0.2, 0) is 17.8 Å². The zero-order chi connectivity index (χ0) is 18.1. The van der Waals surface area contributed by atoms with Crippen molar-refractivity contribution in [2.45, 2.75) is 33.0 Å². The standard InChI is InChI=1S/C20H29NO4/c1-16(2)14-24-15-18(22)12-21(13-20-8-5-9-25-20)11-17-6-4-7-19(10-17)23-3/h4-10,16,18,22H,11-15H2,1-3H3/t18-/m0/s1. The Morgan fingerprint density at radius 3 is 2.64 bits per heavy atom. The predicted molar refractivity (Wildman–Crippen MR) is 97.5 cm³/mol. The molecule has 0 aliphatic rings. The number of hydrogen-bond donors (Lipinski definition) is 1. The highest BCUT2D eigenvalue weighted by Crippen LogP contribution is 2.16. The minimum Gasteiger partial charge on any atom is -0.497 e. The van der Waals surface area contributed by atoms with Crippen molar-refractivity contribution in [3.05, 3.63) is 54.0 Å². The molecule has 0 spiro atoms. The molecule has 0 saturated heterocycles. The van der Waals surface area contributed by atoms with Crippen LogP contribution in [0.3, 0.4) is 0 Å². The Kier molecular flexibility index (Phi) is 7.98. The summed E-state index contributed by atoms with van der Waals surface area (Å²) in [6, 6.07) is 11.8. The van der Waals surface area contributed by atoms with E-state index >= 15 is 0 Å². The van der Waals surface area contributed by atoms with Gasteiger partial charge in [-0.25, -0.2) is 0 Å². The molecule has 25 heavy (non-hydrogen) atoms. The molecule has 0 unspecified atom stereocenters. The van der Waals surface area contributed by atoms with Crippen molar-refractivity contribution in [3.63, 3.8) is 0 Å². The average Bonchev–Trinajstić information content (AvgIpc) is 3.07. The maximum atomic E-state index is 10.3. The predicted octanol–water partition coefficient (Wildman–Crippen LogP) is 3.32. The summed E-state index contributed by atoms with van der Waals surface area (Å²) < 4.78 is 16.3. The van der Waals surface area contributed by atoms with E-state index in [1.165, 1.54) is 0 Å². The monoisotopic (exact) mass is 347 g/mol. The number of aliphatic hydroxyl groups excluding tert-OH is 1. The van der Waals surface area contributed by atoms with Crippen LogP contribution < -0.4 is 4.74 Å². The number of aliphatic hydroxyl groups is 1. The largest absolute Gasteiger partial charge is 0.497 e. The molecular weight excluding hydrogens is 318 g/mol. The van der Waals surface area contributed by atoms with Gasteiger partial charge in [-0.1, -0.05) is 26.0 Å². The molecule has 1 atom stereocenters. The van der Waals surface area contributed by atoms with Gasteiger partial charge in [0.25, 0.3) is 0 Å². The number of nitrogens with zero attached hydrogens (tertiary/aromatic N) is 1. The van der Waals surface area contributed by atoms with Gasteiger partial charge >= 0.3 is 0 Å². The van der Waals surface area contributed by atoms with Crippen LogP contribution in [-0.4, -0.2) is 43.0 Å². The van der Waals surface area contributed by atoms with Crippen LogP contribution in [0.5, 0.6) is 5.75 Å². The van der Waals surface area contributed by atoms with Gasteiger partial charge in [-0.15, -0.1) is 0 Å². The fourth-order valence-electron chi connectivity index (χ4n) is 2.63. The Morgan fingerprint density at radius 1 is 1.12 bits per heavy atom. The van der Waals surface area contributed by atoms with Crippen molar-refractivity contribution in [3.8, 4) is 5.75 Å². The normalized spacial score (nSPS) is 12.7. The third kappa shape index (κ3) is 7.30. The van der Waals surface area contributed by atoms with Gasteiger partial charge in [-0.2, -0.15) is 0 Å². The third-order valence-corrected chi connectivity index (χ3v) is 3.73. The first-order chi connectivity index (χ1) is 12.1. The van der Waals surface area contributed by atoms with Gasteiger partial charge in [-0.3, -0.25) is 4.90 Å². The molecule has 0 saturated carbocycles. The van der Waals surface area contributed by atoms with Crippen molar-refractivity contribution in [1.82, 2.24) is 4.90 Å². The van der Waals surface area contributed by atoms with Crippen molar-refractivity contribution < 1.29 is 19.0 Å². The lowest BCUT2D eigenvalue weighted by atomic mass is 10.2. The Morgan fingerprint density at radius 2 is 1.96 bits per heavy atom. The van der Waals surface area contributed by atoms with E-state index in [2.05, 4.69) is 24.8 Å². The average molecular weight is 347 g/mol. The number of methoxy groups -OCH3 is 1. The quantitative estimate of drug-likeness (QED) is 0.676. The van der Waals surface area contributed by atoms with E-state index < -0.39 is 6.10 Å². The van der Waals surface area contributed by atoms with E-state index in [9.17, 15) is 5.11 Å². The molecule has 5 heteroatoms. The maximum absolute atomic E-state index is 10.3. The first-order valence-corrected chi connectivity index (χ1v) is 8.70. The lowest BCUT2D eigenvalue weighted by Crippen LogP contribution is -2.34. The van der Waals surface area contributed by atoms with Gasteiger partial charge in [0.1, 0.15) is 11.5 Å². The van der Waals surface area contributed by atoms with E-state index in [1.54, 1.807) is 13.4 Å². The van der Waals surface area contributed by atoms with Gasteiger partial charge in [0, 0.05) is 19.7 Å². The number of rotatable bonds is 11. The number of furan rings is 1. The minimum atomic E-state index is -0.542. The van der Waals surface area contributed by atoms with Crippen molar-refractivity contribution >= 4 is 0 Å². The Hall–Kier alpha value is -1.82. The number of benzene rings is 1. The van der Waals surface area contributed by atoms with Gasteiger partial charge in [0.15, 0.2) is 0 Å². The molecule has 2 aromatic rings. The second-order valence-electron chi connectivity index (χ2n) is 6.69. The van der Waals surface area contributed by atoms with Crippen molar-refractivity contribution in [2.75, 3.05) is 26.9 Å². The van der Waals surface area contributed by atoms with Crippen LogP contribution in [0.1, 0.15) is 25.2 Å². The topological polar surface area (TPSA) is 55.1 Å². The summed E-state index contributed by atoms with van der Waals surface area (Å²) in [5.74, 6) is 2.16.